The zero-order valence-electron chi connectivity index (χ0n) is 14.4. The van der Waals surface area contributed by atoms with E-state index in [0.29, 0.717) is 6.42 Å². The topological polar surface area (TPSA) is 85.8 Å². The Morgan fingerprint density at radius 1 is 1.33 bits per heavy atom. The predicted molar refractivity (Wildman–Crippen MR) is 94.6 cm³/mol. The van der Waals surface area contributed by atoms with Crippen molar-refractivity contribution in [3.63, 3.8) is 0 Å². The zero-order valence-corrected chi connectivity index (χ0v) is 14.4. The Morgan fingerprint density at radius 3 is 2.96 bits per heavy atom. The van der Waals surface area contributed by atoms with E-state index in [2.05, 4.69) is 20.1 Å². The van der Waals surface area contributed by atoms with Crippen LogP contribution >= 0.6 is 0 Å². The SMILES string of the molecule is CC[C@H](N)C(=O)Nc1cc(-c2nnc3n2CCCCC3)ccc1C. The first-order chi connectivity index (χ1) is 11.6. The Kier molecular flexibility index (Phi) is 4.94. The lowest BCUT2D eigenvalue weighted by atomic mass is 10.1. The van der Waals surface area contributed by atoms with Gasteiger partial charge in [-0.25, -0.2) is 0 Å². The molecule has 2 heterocycles. The molecule has 3 N–H and O–H groups in total. The second-order valence-corrected chi connectivity index (χ2v) is 6.44. The van der Waals surface area contributed by atoms with Gasteiger partial charge in [-0.2, -0.15) is 0 Å². The number of hydrogen-bond donors (Lipinski definition) is 2. The van der Waals surface area contributed by atoms with Gasteiger partial charge in [0.2, 0.25) is 5.91 Å². The van der Waals surface area contributed by atoms with Crippen molar-refractivity contribution in [1.29, 1.82) is 0 Å². The Balaban J connectivity index is 1.91. The number of carbonyl (C=O) groups is 1. The minimum atomic E-state index is -0.488. The number of aryl methyl sites for hydroxylation is 2. The highest BCUT2D eigenvalue weighted by Crippen LogP contribution is 2.27. The summed E-state index contributed by atoms with van der Waals surface area (Å²) < 4.78 is 2.21. The van der Waals surface area contributed by atoms with E-state index in [9.17, 15) is 4.79 Å². The van der Waals surface area contributed by atoms with Crippen LogP contribution in [0.15, 0.2) is 18.2 Å². The Bertz CT molecular complexity index is 737. The number of fused-ring (bicyclic) bond motifs is 1. The molecule has 0 aliphatic carbocycles. The molecule has 3 rings (SSSR count). The van der Waals surface area contributed by atoms with Gasteiger partial charge in [-0.05, 0) is 37.8 Å². The van der Waals surface area contributed by atoms with Crippen molar-refractivity contribution in [2.45, 2.75) is 58.5 Å². The van der Waals surface area contributed by atoms with Gasteiger partial charge in [-0.15, -0.1) is 10.2 Å². The first kappa shape index (κ1) is 16.6. The summed E-state index contributed by atoms with van der Waals surface area (Å²) in [6.07, 6.45) is 5.14. The molecule has 1 amide bonds. The first-order valence-corrected chi connectivity index (χ1v) is 8.69. The maximum absolute atomic E-state index is 12.1. The normalized spacial score (nSPS) is 15.5. The third-order valence-electron chi connectivity index (χ3n) is 4.64. The number of nitrogens with one attached hydrogen (secondary N) is 1. The summed E-state index contributed by atoms with van der Waals surface area (Å²) in [6.45, 7) is 4.83. The summed E-state index contributed by atoms with van der Waals surface area (Å²) in [5, 5.41) is 11.7. The maximum atomic E-state index is 12.1. The van der Waals surface area contributed by atoms with Crippen LogP contribution in [0, 0.1) is 6.92 Å². The van der Waals surface area contributed by atoms with Gasteiger partial charge in [0.25, 0.3) is 0 Å². The second-order valence-electron chi connectivity index (χ2n) is 6.44. The summed E-state index contributed by atoms with van der Waals surface area (Å²) >= 11 is 0. The molecular weight excluding hydrogens is 302 g/mol. The largest absolute Gasteiger partial charge is 0.324 e. The van der Waals surface area contributed by atoms with Gasteiger partial charge < -0.3 is 15.6 Å². The monoisotopic (exact) mass is 327 g/mol. The zero-order chi connectivity index (χ0) is 17.1. The molecular formula is C18H25N5O. The van der Waals surface area contributed by atoms with Crippen molar-refractivity contribution in [2.75, 3.05) is 5.32 Å². The molecule has 2 aromatic rings. The highest BCUT2D eigenvalue weighted by Gasteiger charge is 2.18. The van der Waals surface area contributed by atoms with Crippen LogP contribution in [0.2, 0.25) is 0 Å². The fraction of sp³-hybridized carbons (Fsp3) is 0.500. The van der Waals surface area contributed by atoms with Gasteiger partial charge in [-0.3, -0.25) is 4.79 Å². The lowest BCUT2D eigenvalue weighted by Gasteiger charge is -2.14. The van der Waals surface area contributed by atoms with Crippen LogP contribution in [-0.2, 0) is 17.8 Å². The van der Waals surface area contributed by atoms with E-state index in [1.165, 1.54) is 12.8 Å². The van der Waals surface area contributed by atoms with E-state index in [0.717, 1.165) is 47.8 Å². The Labute approximate surface area is 142 Å². The van der Waals surface area contributed by atoms with E-state index in [1.807, 2.05) is 32.0 Å². The third kappa shape index (κ3) is 3.33. The molecule has 0 spiro atoms. The van der Waals surface area contributed by atoms with Crippen molar-refractivity contribution in [1.82, 2.24) is 14.8 Å². The number of amides is 1. The van der Waals surface area contributed by atoms with Crippen molar-refractivity contribution < 1.29 is 4.79 Å². The fourth-order valence-electron chi connectivity index (χ4n) is 3.01. The molecule has 0 fully saturated rings. The molecule has 0 saturated heterocycles. The molecule has 0 bridgehead atoms. The van der Waals surface area contributed by atoms with Gasteiger partial charge in [0.1, 0.15) is 5.82 Å². The summed E-state index contributed by atoms with van der Waals surface area (Å²) in [5.74, 6) is 1.78. The van der Waals surface area contributed by atoms with Crippen molar-refractivity contribution in [2.24, 2.45) is 5.73 Å². The van der Waals surface area contributed by atoms with Crippen LogP contribution in [0.4, 0.5) is 5.69 Å². The van der Waals surface area contributed by atoms with E-state index in [-0.39, 0.29) is 5.91 Å². The van der Waals surface area contributed by atoms with Gasteiger partial charge in [-0.1, -0.05) is 25.5 Å². The molecule has 6 nitrogen and oxygen atoms in total. The van der Waals surface area contributed by atoms with Crippen molar-refractivity contribution in [3.05, 3.63) is 29.6 Å². The van der Waals surface area contributed by atoms with E-state index >= 15 is 0 Å². The number of aromatic nitrogens is 3. The number of benzene rings is 1. The van der Waals surface area contributed by atoms with E-state index in [4.69, 9.17) is 5.73 Å². The fourth-order valence-corrected chi connectivity index (χ4v) is 3.01. The molecule has 1 aromatic carbocycles. The molecule has 6 heteroatoms. The molecule has 1 aliphatic heterocycles. The number of anilines is 1. The molecule has 1 atom stereocenters. The average Bonchev–Trinajstić information content (AvgIpc) is 2.84. The molecule has 0 unspecified atom stereocenters. The molecule has 1 aromatic heterocycles. The minimum Gasteiger partial charge on any atom is -0.324 e. The van der Waals surface area contributed by atoms with Gasteiger partial charge in [0.05, 0.1) is 6.04 Å². The summed E-state index contributed by atoms with van der Waals surface area (Å²) in [6, 6.07) is 5.52. The molecule has 128 valence electrons. The minimum absolute atomic E-state index is 0.155. The lowest BCUT2D eigenvalue weighted by molar-refractivity contribution is -0.117. The quantitative estimate of drug-likeness (QED) is 0.904. The van der Waals surface area contributed by atoms with Gasteiger partial charge in [0, 0.05) is 24.2 Å². The standard InChI is InChI=1S/C18H25N5O/c1-3-14(19)18(24)20-15-11-13(9-8-12(15)2)17-22-21-16-7-5-4-6-10-23(16)17/h8-9,11,14H,3-7,10,19H2,1-2H3,(H,20,24)/t14-/m0/s1. The smallest absolute Gasteiger partial charge is 0.241 e. The van der Waals surface area contributed by atoms with Crippen LogP contribution in [0.1, 0.15) is 44.0 Å². The van der Waals surface area contributed by atoms with Crippen LogP contribution in [-0.4, -0.2) is 26.7 Å². The molecule has 0 radical (unpaired) electrons. The number of nitrogens with two attached hydrogens (primary N) is 1. The second kappa shape index (κ2) is 7.13. The summed E-state index contributed by atoms with van der Waals surface area (Å²) in [4.78, 5) is 12.1. The maximum Gasteiger partial charge on any atom is 0.241 e. The van der Waals surface area contributed by atoms with Gasteiger partial charge >= 0.3 is 0 Å². The van der Waals surface area contributed by atoms with Crippen LogP contribution < -0.4 is 11.1 Å². The number of rotatable bonds is 4. The van der Waals surface area contributed by atoms with E-state index < -0.39 is 6.04 Å². The van der Waals surface area contributed by atoms with Crippen molar-refractivity contribution in [3.8, 4) is 11.4 Å². The Hall–Kier alpha value is -2.21. The number of hydrogen-bond acceptors (Lipinski definition) is 4. The third-order valence-corrected chi connectivity index (χ3v) is 4.64. The van der Waals surface area contributed by atoms with Crippen LogP contribution in [0.5, 0.6) is 0 Å². The highest BCUT2D eigenvalue weighted by molar-refractivity contribution is 5.95. The van der Waals surface area contributed by atoms with Gasteiger partial charge in [0.15, 0.2) is 5.82 Å². The predicted octanol–water partition coefficient (Wildman–Crippen LogP) is 2.66. The van der Waals surface area contributed by atoms with Crippen LogP contribution in [0.3, 0.4) is 0 Å². The highest BCUT2D eigenvalue weighted by atomic mass is 16.2. The number of carbonyl (C=O) groups excluding carboxylic acids is 1. The molecule has 24 heavy (non-hydrogen) atoms. The van der Waals surface area contributed by atoms with Crippen LogP contribution in [0.25, 0.3) is 11.4 Å². The summed E-state index contributed by atoms with van der Waals surface area (Å²) in [5.41, 5.74) is 8.58. The number of nitrogens with zero attached hydrogens (tertiary/aromatic N) is 3. The molecule has 0 saturated carbocycles. The van der Waals surface area contributed by atoms with E-state index in [1.54, 1.807) is 0 Å². The lowest BCUT2D eigenvalue weighted by Crippen LogP contribution is -2.35. The average molecular weight is 327 g/mol. The van der Waals surface area contributed by atoms with Crippen molar-refractivity contribution >= 4 is 11.6 Å². The molecule has 1 aliphatic rings. The summed E-state index contributed by atoms with van der Waals surface area (Å²) in [7, 11) is 0. The first-order valence-electron chi connectivity index (χ1n) is 8.69. The Morgan fingerprint density at radius 2 is 2.17 bits per heavy atom.